The van der Waals surface area contributed by atoms with Crippen LogP contribution in [0.15, 0.2) is 60.9 Å². The summed E-state index contributed by atoms with van der Waals surface area (Å²) in [5, 5.41) is 10.3. The number of aliphatic carboxylic acids is 1. The van der Waals surface area contributed by atoms with E-state index in [-0.39, 0.29) is 12.4 Å². The molecule has 3 N–H and O–H groups in total. The summed E-state index contributed by atoms with van der Waals surface area (Å²) in [6.45, 7) is 0.0472. The molecule has 148 valence electrons. The maximum atomic E-state index is 12.1. The smallest absolute Gasteiger partial charge is 0.341 e. The first kappa shape index (κ1) is 20.2. The van der Waals surface area contributed by atoms with E-state index in [0.717, 1.165) is 16.6 Å². The zero-order valence-corrected chi connectivity index (χ0v) is 16.1. The number of ether oxygens (including phenoxy) is 1. The van der Waals surface area contributed by atoms with Gasteiger partial charge < -0.3 is 20.1 Å². The molecule has 0 radical (unpaired) electrons. The highest BCUT2D eigenvalue weighted by molar-refractivity contribution is 6.19. The summed E-state index contributed by atoms with van der Waals surface area (Å²) in [7, 11) is 0. The summed E-state index contributed by atoms with van der Waals surface area (Å²) in [6.07, 6.45) is 3.48. The van der Waals surface area contributed by atoms with Gasteiger partial charge in [-0.3, -0.25) is 9.78 Å². The van der Waals surface area contributed by atoms with E-state index < -0.39 is 18.5 Å². The van der Waals surface area contributed by atoms with Gasteiger partial charge in [0.2, 0.25) is 5.91 Å². The second-order valence-electron chi connectivity index (χ2n) is 6.34. The fourth-order valence-corrected chi connectivity index (χ4v) is 3.46. The van der Waals surface area contributed by atoms with Gasteiger partial charge in [-0.05, 0) is 35.9 Å². The standard InChI is InChI=1S/C21H17N3O4.ClH/c22-21(27)14-5-1-6-15-19(14)20-16(7-2-8-17(20)28-12-18(25)26)24(15)11-13-4-3-9-23-10-13;/h1-10H,11-12H2,(H2,22,27)(H,25,26);1H. The van der Waals surface area contributed by atoms with Gasteiger partial charge in [0.1, 0.15) is 5.75 Å². The first-order chi connectivity index (χ1) is 13.6. The highest BCUT2D eigenvalue weighted by Crippen LogP contribution is 2.38. The average molecular weight is 412 g/mol. The first-order valence-electron chi connectivity index (χ1n) is 8.63. The van der Waals surface area contributed by atoms with Crippen molar-refractivity contribution in [3.63, 3.8) is 0 Å². The lowest BCUT2D eigenvalue weighted by Crippen LogP contribution is -2.11. The van der Waals surface area contributed by atoms with Gasteiger partial charge in [0.05, 0.1) is 16.4 Å². The Balaban J connectivity index is 0.00000240. The first-order valence-corrected chi connectivity index (χ1v) is 8.63. The molecule has 0 bridgehead atoms. The predicted octanol–water partition coefficient (Wildman–Crippen LogP) is 3.22. The number of amides is 1. The van der Waals surface area contributed by atoms with Crippen molar-refractivity contribution in [3.05, 3.63) is 72.1 Å². The van der Waals surface area contributed by atoms with E-state index >= 15 is 0 Å². The lowest BCUT2D eigenvalue weighted by Gasteiger charge is -2.08. The Kier molecular flexibility index (Phi) is 5.70. The quantitative estimate of drug-likeness (QED) is 0.506. The van der Waals surface area contributed by atoms with E-state index in [9.17, 15) is 9.59 Å². The SMILES string of the molecule is Cl.NC(=O)c1cccc2c1c1c(OCC(=O)O)cccc1n2Cc1cccnc1. The van der Waals surface area contributed by atoms with Gasteiger partial charge in [0, 0.05) is 29.9 Å². The van der Waals surface area contributed by atoms with Crippen LogP contribution in [0.2, 0.25) is 0 Å². The van der Waals surface area contributed by atoms with Crippen LogP contribution in [0.4, 0.5) is 0 Å². The number of primary amides is 1. The number of hydrogen-bond acceptors (Lipinski definition) is 4. The van der Waals surface area contributed by atoms with Crippen molar-refractivity contribution in [2.24, 2.45) is 5.73 Å². The fourth-order valence-electron chi connectivity index (χ4n) is 3.46. The van der Waals surface area contributed by atoms with Crippen LogP contribution < -0.4 is 10.5 Å². The van der Waals surface area contributed by atoms with Crippen molar-refractivity contribution in [3.8, 4) is 5.75 Å². The van der Waals surface area contributed by atoms with Crippen LogP contribution >= 0.6 is 12.4 Å². The van der Waals surface area contributed by atoms with Crippen molar-refractivity contribution in [2.75, 3.05) is 6.61 Å². The molecule has 0 saturated carbocycles. The number of nitrogens with two attached hydrogens (primary N) is 1. The molecule has 29 heavy (non-hydrogen) atoms. The number of fused-ring (bicyclic) bond motifs is 3. The summed E-state index contributed by atoms with van der Waals surface area (Å²) in [4.78, 5) is 27.2. The van der Waals surface area contributed by atoms with Crippen LogP contribution in [-0.2, 0) is 11.3 Å². The van der Waals surface area contributed by atoms with Crippen molar-refractivity contribution >= 4 is 46.1 Å². The van der Waals surface area contributed by atoms with E-state index in [4.69, 9.17) is 15.6 Å². The van der Waals surface area contributed by atoms with E-state index in [2.05, 4.69) is 4.98 Å². The molecule has 0 aliphatic carbocycles. The van der Waals surface area contributed by atoms with Crippen LogP contribution in [-0.4, -0.2) is 33.1 Å². The maximum Gasteiger partial charge on any atom is 0.341 e. The zero-order chi connectivity index (χ0) is 19.7. The molecule has 4 aromatic rings. The van der Waals surface area contributed by atoms with Gasteiger partial charge in [-0.25, -0.2) is 4.79 Å². The van der Waals surface area contributed by atoms with Crippen LogP contribution in [0.5, 0.6) is 5.75 Å². The third-order valence-electron chi connectivity index (χ3n) is 4.56. The van der Waals surface area contributed by atoms with Crippen molar-refractivity contribution < 1.29 is 19.4 Å². The molecule has 2 aromatic carbocycles. The number of carbonyl (C=O) groups is 2. The summed E-state index contributed by atoms with van der Waals surface area (Å²) >= 11 is 0. The summed E-state index contributed by atoms with van der Waals surface area (Å²) in [6, 6.07) is 14.6. The molecule has 1 amide bonds. The third-order valence-corrected chi connectivity index (χ3v) is 4.56. The highest BCUT2D eigenvalue weighted by Gasteiger charge is 2.20. The molecule has 4 rings (SSSR count). The van der Waals surface area contributed by atoms with Crippen molar-refractivity contribution in [2.45, 2.75) is 6.54 Å². The topological polar surface area (TPSA) is 107 Å². The maximum absolute atomic E-state index is 12.1. The van der Waals surface area contributed by atoms with E-state index in [0.29, 0.717) is 28.6 Å². The lowest BCUT2D eigenvalue weighted by molar-refractivity contribution is -0.139. The van der Waals surface area contributed by atoms with Crippen molar-refractivity contribution in [1.29, 1.82) is 0 Å². The Morgan fingerprint density at radius 1 is 1.03 bits per heavy atom. The molecule has 2 heterocycles. The largest absolute Gasteiger partial charge is 0.481 e. The minimum Gasteiger partial charge on any atom is -0.481 e. The number of nitrogens with zero attached hydrogens (tertiary/aromatic N) is 2. The number of hydrogen-bond donors (Lipinski definition) is 2. The van der Waals surface area contributed by atoms with Crippen LogP contribution in [0.1, 0.15) is 15.9 Å². The Morgan fingerprint density at radius 3 is 2.41 bits per heavy atom. The van der Waals surface area contributed by atoms with Gasteiger partial charge in [0.15, 0.2) is 6.61 Å². The normalized spacial score (nSPS) is 10.6. The van der Waals surface area contributed by atoms with Crippen LogP contribution in [0.25, 0.3) is 21.8 Å². The molecular formula is C21H18ClN3O4. The Hall–Kier alpha value is -3.58. The third kappa shape index (κ3) is 3.72. The Morgan fingerprint density at radius 2 is 1.76 bits per heavy atom. The molecule has 0 unspecified atom stereocenters. The monoisotopic (exact) mass is 411 g/mol. The van der Waals surface area contributed by atoms with Gasteiger partial charge in [-0.15, -0.1) is 12.4 Å². The number of carboxylic acids is 1. The highest BCUT2D eigenvalue weighted by atomic mass is 35.5. The van der Waals surface area contributed by atoms with Gasteiger partial charge in [-0.2, -0.15) is 0 Å². The second kappa shape index (κ2) is 8.20. The van der Waals surface area contributed by atoms with E-state index in [1.165, 1.54) is 0 Å². The molecule has 2 aromatic heterocycles. The molecule has 0 aliphatic rings. The summed E-state index contributed by atoms with van der Waals surface area (Å²) < 4.78 is 7.55. The summed E-state index contributed by atoms with van der Waals surface area (Å²) in [5.74, 6) is -1.24. The number of halogens is 1. The molecule has 0 atom stereocenters. The Labute approximate surface area is 172 Å². The molecule has 7 nitrogen and oxygen atoms in total. The summed E-state index contributed by atoms with van der Waals surface area (Å²) in [5.41, 5.74) is 8.58. The van der Waals surface area contributed by atoms with E-state index in [1.54, 1.807) is 36.7 Å². The molecule has 0 spiro atoms. The molecular weight excluding hydrogens is 394 g/mol. The molecule has 0 aliphatic heterocycles. The molecule has 0 saturated heterocycles. The average Bonchev–Trinajstić information content (AvgIpc) is 3.01. The number of carboxylic acid groups (broad SMARTS) is 1. The fraction of sp³-hybridized carbons (Fsp3) is 0.0952. The lowest BCUT2D eigenvalue weighted by atomic mass is 10.1. The minimum absolute atomic E-state index is 0. The van der Waals surface area contributed by atoms with Gasteiger partial charge >= 0.3 is 5.97 Å². The van der Waals surface area contributed by atoms with Gasteiger partial charge in [0.25, 0.3) is 0 Å². The number of carbonyl (C=O) groups excluding carboxylic acids is 1. The second-order valence-corrected chi connectivity index (χ2v) is 6.34. The van der Waals surface area contributed by atoms with Crippen LogP contribution in [0.3, 0.4) is 0 Å². The number of benzene rings is 2. The van der Waals surface area contributed by atoms with Crippen molar-refractivity contribution in [1.82, 2.24) is 9.55 Å². The molecule has 0 fully saturated rings. The Bertz CT molecular complexity index is 1200. The predicted molar refractivity (Wildman–Crippen MR) is 112 cm³/mol. The number of aromatic nitrogens is 2. The van der Waals surface area contributed by atoms with Crippen LogP contribution in [0, 0.1) is 0 Å². The minimum atomic E-state index is -1.08. The molecule has 8 heteroatoms. The van der Waals surface area contributed by atoms with Gasteiger partial charge in [-0.1, -0.05) is 18.2 Å². The zero-order valence-electron chi connectivity index (χ0n) is 15.2. The number of rotatable bonds is 6. The number of pyridine rings is 1. The van der Waals surface area contributed by atoms with E-state index in [1.807, 2.05) is 28.8 Å².